The summed E-state index contributed by atoms with van der Waals surface area (Å²) in [5, 5.41) is 4.65. The lowest BCUT2D eigenvalue weighted by molar-refractivity contribution is -0.130. The van der Waals surface area contributed by atoms with Gasteiger partial charge in [-0.3, -0.25) is 14.5 Å². The van der Waals surface area contributed by atoms with E-state index in [0.717, 1.165) is 21.7 Å². The van der Waals surface area contributed by atoms with Crippen LogP contribution in [0.1, 0.15) is 22.8 Å². The molecule has 1 aliphatic rings. The molecule has 0 radical (unpaired) electrons. The van der Waals surface area contributed by atoms with Crippen molar-refractivity contribution in [2.75, 3.05) is 6.54 Å². The number of nitrogens with one attached hydrogen (secondary N) is 1. The summed E-state index contributed by atoms with van der Waals surface area (Å²) in [6.07, 6.45) is 0. The van der Waals surface area contributed by atoms with Gasteiger partial charge in [0.15, 0.2) is 5.78 Å². The maximum Gasteiger partial charge on any atom is 0.325 e. The van der Waals surface area contributed by atoms with Crippen molar-refractivity contribution in [3.63, 3.8) is 0 Å². The minimum atomic E-state index is -1.27. The summed E-state index contributed by atoms with van der Waals surface area (Å²) in [5.41, 5.74) is -0.534. The fourth-order valence-corrected chi connectivity index (χ4v) is 3.43. The van der Waals surface area contributed by atoms with Gasteiger partial charge in [-0.05, 0) is 41.5 Å². The van der Waals surface area contributed by atoms with Gasteiger partial charge in [0.05, 0.1) is 6.54 Å². The zero-order valence-electron chi connectivity index (χ0n) is 15.1. The highest BCUT2D eigenvalue weighted by Crippen LogP contribution is 2.31. The molecular weight excluding hydrogens is 359 g/mol. The van der Waals surface area contributed by atoms with Gasteiger partial charge in [0.2, 0.25) is 0 Å². The topological polar surface area (TPSA) is 66.5 Å². The Hall–Kier alpha value is -3.54. The second kappa shape index (κ2) is 6.56. The number of carbonyl (C=O) groups is 3. The van der Waals surface area contributed by atoms with Crippen LogP contribution in [-0.2, 0) is 10.3 Å². The third kappa shape index (κ3) is 2.93. The second-order valence-corrected chi connectivity index (χ2v) is 6.94. The van der Waals surface area contributed by atoms with Gasteiger partial charge < -0.3 is 5.32 Å². The van der Waals surface area contributed by atoms with Crippen LogP contribution in [-0.4, -0.2) is 29.2 Å². The number of benzene rings is 3. The minimum Gasteiger partial charge on any atom is -0.319 e. The summed E-state index contributed by atoms with van der Waals surface area (Å²) >= 11 is 0. The summed E-state index contributed by atoms with van der Waals surface area (Å²) in [6.45, 7) is 1.17. The Balaban J connectivity index is 1.63. The van der Waals surface area contributed by atoms with Crippen molar-refractivity contribution >= 4 is 28.5 Å². The number of hydrogen-bond acceptors (Lipinski definition) is 3. The normalized spacial score (nSPS) is 19.1. The first kappa shape index (κ1) is 17.9. The van der Waals surface area contributed by atoms with Crippen LogP contribution in [0.5, 0.6) is 0 Å². The predicted molar refractivity (Wildman–Crippen MR) is 102 cm³/mol. The Morgan fingerprint density at radius 3 is 2.50 bits per heavy atom. The molecule has 4 rings (SSSR count). The maximum absolute atomic E-state index is 13.4. The highest BCUT2D eigenvalue weighted by atomic mass is 19.1. The number of nitrogens with zero attached hydrogens (tertiary/aromatic N) is 1. The Morgan fingerprint density at radius 2 is 1.75 bits per heavy atom. The summed E-state index contributed by atoms with van der Waals surface area (Å²) in [5.74, 6) is -1.58. The molecule has 3 aromatic carbocycles. The van der Waals surface area contributed by atoms with Crippen LogP contribution in [0, 0.1) is 5.82 Å². The average Bonchev–Trinajstić information content (AvgIpc) is 2.91. The van der Waals surface area contributed by atoms with E-state index >= 15 is 0 Å². The Kier molecular flexibility index (Phi) is 4.19. The Bertz CT molecular complexity index is 1130. The number of amides is 3. The molecule has 1 aliphatic heterocycles. The van der Waals surface area contributed by atoms with Crippen LogP contribution in [0.4, 0.5) is 9.18 Å². The molecule has 28 heavy (non-hydrogen) atoms. The van der Waals surface area contributed by atoms with Gasteiger partial charge in [0, 0.05) is 5.56 Å². The molecule has 5 nitrogen and oxygen atoms in total. The molecule has 0 saturated carbocycles. The standard InChI is InChI=1S/C22H17FN2O3/c1-22(17-10-9-14-5-2-3-6-15(14)11-17)20(27)25(21(28)24-22)13-19(26)16-7-4-8-18(23)12-16/h2-12H,13H2,1H3,(H,24,28)/t22-/m0/s1. The zero-order chi connectivity index (χ0) is 19.9. The Morgan fingerprint density at radius 1 is 1.00 bits per heavy atom. The SMILES string of the molecule is C[C@@]1(c2ccc3ccccc3c2)NC(=O)N(CC(=O)c2cccc(F)c2)C1=O. The molecule has 0 unspecified atom stereocenters. The molecule has 0 spiro atoms. The molecule has 0 bridgehead atoms. The van der Waals surface area contributed by atoms with Crippen molar-refractivity contribution in [2.45, 2.75) is 12.5 Å². The molecule has 3 amide bonds. The van der Waals surface area contributed by atoms with E-state index < -0.39 is 35.6 Å². The number of fused-ring (bicyclic) bond motifs is 1. The third-order valence-electron chi connectivity index (χ3n) is 5.05. The van der Waals surface area contributed by atoms with Crippen LogP contribution in [0.25, 0.3) is 10.8 Å². The fourth-order valence-electron chi connectivity index (χ4n) is 3.43. The predicted octanol–water partition coefficient (Wildman–Crippen LogP) is 3.63. The van der Waals surface area contributed by atoms with Gasteiger partial charge in [-0.25, -0.2) is 9.18 Å². The lowest BCUT2D eigenvalue weighted by Crippen LogP contribution is -2.41. The highest BCUT2D eigenvalue weighted by molar-refractivity contribution is 6.11. The van der Waals surface area contributed by atoms with Gasteiger partial charge in [0.25, 0.3) is 5.91 Å². The van der Waals surface area contributed by atoms with Gasteiger partial charge in [-0.15, -0.1) is 0 Å². The summed E-state index contributed by atoms with van der Waals surface area (Å²) in [6, 6.07) is 17.8. The number of hydrogen-bond donors (Lipinski definition) is 1. The van der Waals surface area contributed by atoms with Crippen molar-refractivity contribution in [1.29, 1.82) is 0 Å². The van der Waals surface area contributed by atoms with Crippen molar-refractivity contribution in [3.05, 3.63) is 83.7 Å². The first-order valence-electron chi connectivity index (χ1n) is 8.81. The van der Waals surface area contributed by atoms with Gasteiger partial charge in [-0.1, -0.05) is 48.5 Å². The number of urea groups is 1. The number of Topliss-reactive ketones (excluding diaryl/α,β-unsaturated/α-hetero) is 1. The quantitative estimate of drug-likeness (QED) is 0.559. The first-order chi connectivity index (χ1) is 13.4. The van der Waals surface area contributed by atoms with Crippen LogP contribution < -0.4 is 5.32 Å². The van der Waals surface area contributed by atoms with Gasteiger partial charge in [-0.2, -0.15) is 0 Å². The number of carbonyl (C=O) groups excluding carboxylic acids is 3. The smallest absolute Gasteiger partial charge is 0.319 e. The number of halogens is 1. The molecule has 1 heterocycles. The first-order valence-corrected chi connectivity index (χ1v) is 8.81. The Labute approximate surface area is 160 Å². The van der Waals surface area contributed by atoms with Crippen LogP contribution in [0.15, 0.2) is 66.7 Å². The molecule has 0 aromatic heterocycles. The monoisotopic (exact) mass is 376 g/mol. The summed E-state index contributed by atoms with van der Waals surface area (Å²) in [4.78, 5) is 38.8. The molecule has 3 aromatic rings. The molecule has 1 fully saturated rings. The maximum atomic E-state index is 13.4. The third-order valence-corrected chi connectivity index (χ3v) is 5.05. The molecule has 1 saturated heterocycles. The van der Waals surface area contributed by atoms with Crippen molar-refractivity contribution < 1.29 is 18.8 Å². The molecule has 140 valence electrons. The molecule has 1 atom stereocenters. The molecule has 6 heteroatoms. The summed E-state index contributed by atoms with van der Waals surface area (Å²) in [7, 11) is 0. The van der Waals surface area contributed by atoms with E-state index in [9.17, 15) is 18.8 Å². The largest absolute Gasteiger partial charge is 0.325 e. The van der Waals surface area contributed by atoms with E-state index in [4.69, 9.17) is 0 Å². The van der Waals surface area contributed by atoms with Crippen LogP contribution in [0.2, 0.25) is 0 Å². The summed E-state index contributed by atoms with van der Waals surface area (Å²) < 4.78 is 13.4. The molecule has 1 N–H and O–H groups in total. The average molecular weight is 376 g/mol. The number of rotatable bonds is 4. The molecule has 0 aliphatic carbocycles. The second-order valence-electron chi connectivity index (χ2n) is 6.94. The highest BCUT2D eigenvalue weighted by Gasteiger charge is 2.49. The molecular formula is C22H17FN2O3. The van der Waals surface area contributed by atoms with E-state index in [-0.39, 0.29) is 5.56 Å². The lowest BCUT2D eigenvalue weighted by Gasteiger charge is -2.22. The zero-order valence-corrected chi connectivity index (χ0v) is 15.1. The van der Waals surface area contributed by atoms with E-state index in [1.54, 1.807) is 13.0 Å². The minimum absolute atomic E-state index is 0.111. The van der Waals surface area contributed by atoms with Crippen LogP contribution in [0.3, 0.4) is 0 Å². The van der Waals surface area contributed by atoms with E-state index in [2.05, 4.69) is 5.32 Å². The van der Waals surface area contributed by atoms with Crippen molar-refractivity contribution in [3.8, 4) is 0 Å². The van der Waals surface area contributed by atoms with Crippen molar-refractivity contribution in [2.24, 2.45) is 0 Å². The van der Waals surface area contributed by atoms with Gasteiger partial charge >= 0.3 is 6.03 Å². The van der Waals surface area contributed by atoms with Crippen molar-refractivity contribution in [1.82, 2.24) is 10.2 Å². The van der Waals surface area contributed by atoms with E-state index in [0.29, 0.717) is 5.56 Å². The fraction of sp³-hybridized carbons (Fsp3) is 0.136. The van der Waals surface area contributed by atoms with E-state index in [1.165, 1.54) is 18.2 Å². The van der Waals surface area contributed by atoms with E-state index in [1.807, 2.05) is 36.4 Å². The lowest BCUT2D eigenvalue weighted by atomic mass is 9.90. The number of imide groups is 1. The van der Waals surface area contributed by atoms with Gasteiger partial charge in [0.1, 0.15) is 11.4 Å². The number of ketones is 1. The van der Waals surface area contributed by atoms with Crippen LogP contribution >= 0.6 is 0 Å².